The van der Waals surface area contributed by atoms with Crippen molar-refractivity contribution in [2.75, 3.05) is 0 Å². The molecule has 1 aromatic rings. The van der Waals surface area contributed by atoms with Crippen molar-refractivity contribution in [2.24, 2.45) is 0 Å². The number of alkyl halides is 2. The second kappa shape index (κ2) is 4.47. The van der Waals surface area contributed by atoms with E-state index in [9.17, 15) is 18.7 Å². The highest BCUT2D eigenvalue weighted by Gasteiger charge is 2.25. The van der Waals surface area contributed by atoms with Gasteiger partial charge in [-0.25, -0.2) is 8.78 Å². The first-order valence-corrected chi connectivity index (χ1v) is 4.72. The largest absolute Gasteiger partial charge is 0.508 e. The molecule has 0 radical (unpaired) electrons. The van der Waals surface area contributed by atoms with E-state index in [1.807, 2.05) is 0 Å². The van der Waals surface area contributed by atoms with Crippen molar-refractivity contribution in [3.05, 3.63) is 29.3 Å². The molecular weight excluding hydrogens is 218 g/mol. The van der Waals surface area contributed by atoms with Gasteiger partial charge in [-0.15, -0.1) is 0 Å². The third kappa shape index (κ3) is 3.18. The minimum Gasteiger partial charge on any atom is -0.508 e. The first kappa shape index (κ1) is 12.4. The summed E-state index contributed by atoms with van der Waals surface area (Å²) in [6, 6.07) is 3.42. The van der Waals surface area contributed by atoms with E-state index in [-0.39, 0.29) is 29.7 Å². The van der Waals surface area contributed by atoms with Gasteiger partial charge in [-0.3, -0.25) is 4.79 Å². The van der Waals surface area contributed by atoms with Gasteiger partial charge in [0.15, 0.2) is 0 Å². The van der Waals surface area contributed by atoms with E-state index in [1.54, 1.807) is 0 Å². The van der Waals surface area contributed by atoms with Crippen LogP contribution in [0.5, 0.6) is 5.75 Å². The second-order valence-electron chi connectivity index (χ2n) is 3.63. The maximum Gasteiger partial charge on any atom is 0.303 e. The van der Waals surface area contributed by atoms with E-state index in [2.05, 4.69) is 0 Å². The third-order valence-electron chi connectivity index (χ3n) is 2.19. The second-order valence-corrected chi connectivity index (χ2v) is 3.63. The maximum atomic E-state index is 13.0. The van der Waals surface area contributed by atoms with E-state index in [0.717, 1.165) is 25.1 Å². The van der Waals surface area contributed by atoms with E-state index in [1.165, 1.54) is 0 Å². The molecule has 0 aliphatic rings. The molecule has 0 aliphatic carbocycles. The molecule has 0 amide bonds. The summed E-state index contributed by atoms with van der Waals surface area (Å²) in [5, 5.41) is 17.8. The number of carbonyl (C=O) groups is 1. The molecule has 0 bridgehead atoms. The number of aryl methyl sites for hydroxylation is 1. The van der Waals surface area contributed by atoms with Gasteiger partial charge in [0.05, 0.1) is 0 Å². The monoisotopic (exact) mass is 230 g/mol. The van der Waals surface area contributed by atoms with Crippen LogP contribution in [0.25, 0.3) is 0 Å². The molecule has 2 N–H and O–H groups in total. The normalized spacial score (nSPS) is 11.4. The average Bonchev–Trinajstić information content (AvgIpc) is 2.14. The Bertz CT molecular complexity index is 397. The Morgan fingerprint density at radius 1 is 1.44 bits per heavy atom. The Balaban J connectivity index is 2.95. The predicted molar refractivity (Wildman–Crippen MR) is 53.6 cm³/mol. The number of aromatic hydroxyl groups is 1. The topological polar surface area (TPSA) is 57.5 Å². The van der Waals surface area contributed by atoms with Crippen LogP contribution in [-0.4, -0.2) is 16.2 Å². The van der Waals surface area contributed by atoms with Gasteiger partial charge in [0.25, 0.3) is 5.92 Å². The molecule has 0 spiro atoms. The molecule has 16 heavy (non-hydrogen) atoms. The van der Waals surface area contributed by atoms with Crippen molar-refractivity contribution in [3.8, 4) is 5.75 Å². The van der Waals surface area contributed by atoms with Crippen LogP contribution in [-0.2, 0) is 17.1 Å². The summed E-state index contributed by atoms with van der Waals surface area (Å²) >= 11 is 0. The molecular formula is C11H12F2O3. The molecule has 0 heterocycles. The van der Waals surface area contributed by atoms with Gasteiger partial charge < -0.3 is 10.2 Å². The van der Waals surface area contributed by atoms with Crippen LogP contribution in [0.4, 0.5) is 8.78 Å². The summed E-state index contributed by atoms with van der Waals surface area (Å²) in [4.78, 5) is 10.3. The molecule has 0 fully saturated rings. The van der Waals surface area contributed by atoms with Crippen LogP contribution in [0.15, 0.2) is 18.2 Å². The number of hydrogen-bond donors (Lipinski definition) is 2. The summed E-state index contributed by atoms with van der Waals surface area (Å²) in [5.74, 6) is -4.19. The smallest absolute Gasteiger partial charge is 0.303 e. The number of benzene rings is 1. The number of aliphatic carboxylic acids is 1. The number of halogens is 2. The lowest BCUT2D eigenvalue weighted by Crippen LogP contribution is -2.07. The summed E-state index contributed by atoms with van der Waals surface area (Å²) in [6.07, 6.45) is -0.169. The minimum absolute atomic E-state index is 0.0328. The summed E-state index contributed by atoms with van der Waals surface area (Å²) in [7, 11) is 0. The van der Waals surface area contributed by atoms with E-state index in [4.69, 9.17) is 5.11 Å². The van der Waals surface area contributed by atoms with Crippen molar-refractivity contribution in [3.63, 3.8) is 0 Å². The first-order valence-electron chi connectivity index (χ1n) is 4.72. The van der Waals surface area contributed by atoms with Gasteiger partial charge >= 0.3 is 5.97 Å². The summed E-state index contributed by atoms with van der Waals surface area (Å²) < 4.78 is 25.9. The fourth-order valence-electron chi connectivity index (χ4n) is 1.30. The molecule has 0 aliphatic heterocycles. The fraction of sp³-hybridized carbons (Fsp3) is 0.364. The van der Waals surface area contributed by atoms with Crippen molar-refractivity contribution < 1.29 is 23.8 Å². The Morgan fingerprint density at radius 3 is 2.56 bits per heavy atom. The van der Waals surface area contributed by atoms with E-state index in [0.29, 0.717) is 0 Å². The molecule has 0 aromatic heterocycles. The van der Waals surface area contributed by atoms with E-state index >= 15 is 0 Å². The fourth-order valence-corrected chi connectivity index (χ4v) is 1.30. The zero-order valence-corrected chi connectivity index (χ0v) is 8.70. The van der Waals surface area contributed by atoms with Crippen molar-refractivity contribution in [1.29, 1.82) is 0 Å². The van der Waals surface area contributed by atoms with E-state index < -0.39 is 11.9 Å². The van der Waals surface area contributed by atoms with Gasteiger partial charge in [0, 0.05) is 18.9 Å². The van der Waals surface area contributed by atoms with Crippen molar-refractivity contribution in [1.82, 2.24) is 0 Å². The minimum atomic E-state index is -2.99. The van der Waals surface area contributed by atoms with Crippen LogP contribution in [0.3, 0.4) is 0 Å². The number of phenols is 1. The Morgan fingerprint density at radius 2 is 2.06 bits per heavy atom. The lowest BCUT2D eigenvalue weighted by molar-refractivity contribution is -0.136. The zero-order chi connectivity index (χ0) is 12.3. The lowest BCUT2D eigenvalue weighted by Gasteiger charge is -2.12. The van der Waals surface area contributed by atoms with Gasteiger partial charge in [0.1, 0.15) is 5.75 Å². The Labute approximate surface area is 91.3 Å². The molecule has 1 aromatic carbocycles. The predicted octanol–water partition coefficient (Wildman–Crippen LogP) is 2.52. The number of carboxylic acid groups (broad SMARTS) is 1. The molecule has 5 heteroatoms. The quantitative estimate of drug-likeness (QED) is 0.835. The van der Waals surface area contributed by atoms with Gasteiger partial charge in [-0.1, -0.05) is 0 Å². The lowest BCUT2D eigenvalue weighted by atomic mass is 10.0. The number of hydrogen-bond acceptors (Lipinski definition) is 2. The zero-order valence-electron chi connectivity index (χ0n) is 8.70. The molecule has 0 saturated heterocycles. The number of carboxylic acids is 1. The highest BCUT2D eigenvalue weighted by Crippen LogP contribution is 2.30. The molecule has 0 unspecified atom stereocenters. The van der Waals surface area contributed by atoms with Crippen LogP contribution in [0.1, 0.15) is 24.5 Å². The molecule has 1 rings (SSSR count). The summed E-state index contributed by atoms with van der Waals surface area (Å²) in [5.41, 5.74) is -0.00730. The Kier molecular flexibility index (Phi) is 3.47. The first-order chi connectivity index (χ1) is 7.30. The van der Waals surface area contributed by atoms with Crippen LogP contribution in [0.2, 0.25) is 0 Å². The van der Waals surface area contributed by atoms with Gasteiger partial charge in [0.2, 0.25) is 0 Å². The number of phenolic OH excluding ortho intramolecular Hbond substituents is 1. The SMILES string of the molecule is CC(F)(F)c1ccc(O)c(CCC(=O)O)c1. The molecule has 0 atom stereocenters. The maximum absolute atomic E-state index is 13.0. The van der Waals surface area contributed by atoms with Crippen LogP contribution in [0, 0.1) is 0 Å². The van der Waals surface area contributed by atoms with Crippen molar-refractivity contribution >= 4 is 5.97 Å². The highest BCUT2D eigenvalue weighted by atomic mass is 19.3. The number of rotatable bonds is 4. The van der Waals surface area contributed by atoms with Gasteiger partial charge in [-0.05, 0) is 30.2 Å². The average molecular weight is 230 g/mol. The summed E-state index contributed by atoms with van der Waals surface area (Å²) in [6.45, 7) is 0.750. The molecule has 3 nitrogen and oxygen atoms in total. The highest BCUT2D eigenvalue weighted by molar-refractivity contribution is 5.67. The molecule has 0 saturated carbocycles. The third-order valence-corrected chi connectivity index (χ3v) is 2.19. The van der Waals surface area contributed by atoms with Crippen molar-refractivity contribution in [2.45, 2.75) is 25.7 Å². The van der Waals surface area contributed by atoms with Crippen LogP contribution >= 0.6 is 0 Å². The standard InChI is InChI=1S/C11H12F2O3/c1-11(12,13)8-3-4-9(14)7(6-8)2-5-10(15)16/h3-4,6,14H,2,5H2,1H3,(H,15,16). The van der Waals surface area contributed by atoms with Gasteiger partial charge in [-0.2, -0.15) is 0 Å². The van der Waals surface area contributed by atoms with Crippen LogP contribution < -0.4 is 0 Å². The Hall–Kier alpha value is -1.65. The molecule has 88 valence electrons.